The Hall–Kier alpha value is -2.56. The predicted octanol–water partition coefficient (Wildman–Crippen LogP) is 2.16. The molecule has 0 radical (unpaired) electrons. The fourth-order valence-corrected chi connectivity index (χ4v) is 1.54. The van der Waals surface area contributed by atoms with E-state index in [0.29, 0.717) is 11.3 Å². The summed E-state index contributed by atoms with van der Waals surface area (Å²) in [6.07, 6.45) is 1.04. The molecule has 0 fully saturated rings. The largest absolute Gasteiger partial charge is 0.423 e. The summed E-state index contributed by atoms with van der Waals surface area (Å²) in [7, 11) is 0. The molecule has 5 nitrogen and oxygen atoms in total. The molecule has 0 atom stereocenters. The van der Waals surface area contributed by atoms with E-state index in [1.54, 1.807) is 18.2 Å². The van der Waals surface area contributed by atoms with Crippen LogP contribution in [0.4, 0.5) is 5.69 Å². The van der Waals surface area contributed by atoms with E-state index in [0.717, 1.165) is 17.0 Å². The molecule has 1 aromatic carbocycles. The molecule has 92 valence electrons. The van der Waals surface area contributed by atoms with Crippen LogP contribution in [0.2, 0.25) is 0 Å². The Bertz CT molecular complexity index is 672. The summed E-state index contributed by atoms with van der Waals surface area (Å²) in [6, 6.07) is 6.50. The van der Waals surface area contributed by atoms with E-state index >= 15 is 0 Å². The maximum atomic E-state index is 11.2. The lowest BCUT2D eigenvalue weighted by atomic mass is 10.1. The van der Waals surface area contributed by atoms with Gasteiger partial charge >= 0.3 is 11.6 Å². The molecule has 0 spiro atoms. The van der Waals surface area contributed by atoms with Gasteiger partial charge in [0.25, 0.3) is 0 Å². The van der Waals surface area contributed by atoms with E-state index < -0.39 is 11.6 Å². The van der Waals surface area contributed by atoms with E-state index in [1.807, 2.05) is 6.92 Å². The van der Waals surface area contributed by atoms with Crippen molar-refractivity contribution in [1.82, 2.24) is 0 Å². The number of rotatable bonds is 3. The van der Waals surface area contributed by atoms with Crippen molar-refractivity contribution < 1.29 is 14.0 Å². The van der Waals surface area contributed by atoms with Crippen LogP contribution in [-0.4, -0.2) is 5.97 Å². The minimum absolute atomic E-state index is 0.416. The fourth-order valence-electron chi connectivity index (χ4n) is 1.54. The molecule has 1 heterocycles. The summed E-state index contributed by atoms with van der Waals surface area (Å²) in [4.78, 5) is 26.8. The van der Waals surface area contributed by atoms with Gasteiger partial charge in [-0.3, -0.25) is 0 Å². The zero-order valence-corrected chi connectivity index (χ0v) is 9.73. The third-order valence-corrected chi connectivity index (χ3v) is 2.39. The van der Waals surface area contributed by atoms with Gasteiger partial charge in [0.2, 0.25) is 0 Å². The predicted molar refractivity (Wildman–Crippen MR) is 67.1 cm³/mol. The monoisotopic (exact) mass is 245 g/mol. The lowest BCUT2D eigenvalue weighted by Crippen LogP contribution is -2.07. The first kappa shape index (κ1) is 11.9. The molecule has 5 heteroatoms. The SMILES string of the molecule is C=CC(=O)ONc1ccc2c(C)cc(=O)oc2c1. The van der Waals surface area contributed by atoms with Crippen molar-refractivity contribution in [3.05, 3.63) is 52.9 Å². The minimum atomic E-state index is -0.596. The van der Waals surface area contributed by atoms with Crippen LogP contribution in [0.25, 0.3) is 11.0 Å². The van der Waals surface area contributed by atoms with Crippen molar-refractivity contribution in [2.75, 3.05) is 5.48 Å². The second kappa shape index (κ2) is 4.75. The van der Waals surface area contributed by atoms with Gasteiger partial charge in [-0.2, -0.15) is 0 Å². The third kappa shape index (κ3) is 2.40. The molecule has 0 aliphatic rings. The maximum absolute atomic E-state index is 11.2. The molecule has 0 saturated heterocycles. The molecule has 0 amide bonds. The van der Waals surface area contributed by atoms with E-state index in [4.69, 9.17) is 4.42 Å². The summed E-state index contributed by atoms with van der Waals surface area (Å²) in [6.45, 7) is 5.10. The Balaban J connectivity index is 2.35. The van der Waals surface area contributed by atoms with E-state index in [1.165, 1.54) is 6.07 Å². The van der Waals surface area contributed by atoms with Crippen molar-refractivity contribution in [2.24, 2.45) is 0 Å². The zero-order valence-electron chi connectivity index (χ0n) is 9.73. The van der Waals surface area contributed by atoms with Gasteiger partial charge in [-0.1, -0.05) is 6.58 Å². The Morgan fingerprint density at radius 1 is 1.44 bits per heavy atom. The molecule has 2 rings (SSSR count). The normalized spacial score (nSPS) is 10.1. The smallest absolute Gasteiger partial charge is 0.355 e. The topological polar surface area (TPSA) is 68.5 Å². The highest BCUT2D eigenvalue weighted by atomic mass is 16.7. The van der Waals surface area contributed by atoms with Crippen molar-refractivity contribution in [1.29, 1.82) is 0 Å². The summed E-state index contributed by atoms with van der Waals surface area (Å²) >= 11 is 0. The molecule has 0 aliphatic heterocycles. The highest BCUT2D eigenvalue weighted by molar-refractivity contribution is 5.84. The second-order valence-corrected chi connectivity index (χ2v) is 3.69. The van der Waals surface area contributed by atoms with Crippen molar-refractivity contribution in [3.63, 3.8) is 0 Å². The average Bonchev–Trinajstić information content (AvgIpc) is 2.35. The first-order chi connectivity index (χ1) is 8.60. The van der Waals surface area contributed by atoms with Gasteiger partial charge in [-0.25, -0.2) is 15.1 Å². The average molecular weight is 245 g/mol. The summed E-state index contributed by atoms with van der Waals surface area (Å²) < 4.78 is 5.06. The van der Waals surface area contributed by atoms with Gasteiger partial charge in [0, 0.05) is 23.6 Å². The molecule has 1 aromatic heterocycles. The highest BCUT2D eigenvalue weighted by Crippen LogP contribution is 2.20. The first-order valence-electron chi connectivity index (χ1n) is 5.24. The Morgan fingerprint density at radius 2 is 2.22 bits per heavy atom. The van der Waals surface area contributed by atoms with E-state index in [-0.39, 0.29) is 0 Å². The number of hydrogen-bond acceptors (Lipinski definition) is 5. The van der Waals surface area contributed by atoms with E-state index in [9.17, 15) is 9.59 Å². The van der Waals surface area contributed by atoms with Crippen molar-refractivity contribution in [3.8, 4) is 0 Å². The first-order valence-corrected chi connectivity index (χ1v) is 5.24. The summed E-state index contributed by atoms with van der Waals surface area (Å²) in [5.74, 6) is -0.596. The van der Waals surface area contributed by atoms with Gasteiger partial charge < -0.3 is 9.25 Å². The zero-order chi connectivity index (χ0) is 13.1. The highest BCUT2D eigenvalue weighted by Gasteiger charge is 2.04. The van der Waals surface area contributed by atoms with Crippen LogP contribution in [0.5, 0.6) is 0 Å². The number of carbonyl (C=O) groups excluding carboxylic acids is 1. The Morgan fingerprint density at radius 3 is 2.94 bits per heavy atom. The number of fused-ring (bicyclic) bond motifs is 1. The molecule has 0 saturated carbocycles. The summed E-state index contributed by atoms with van der Waals surface area (Å²) in [5, 5.41) is 0.829. The molecule has 18 heavy (non-hydrogen) atoms. The number of carbonyl (C=O) groups is 1. The molecular formula is C13H11NO4. The number of hydrogen-bond donors (Lipinski definition) is 1. The van der Waals surface area contributed by atoms with E-state index in [2.05, 4.69) is 16.9 Å². The standard InChI is InChI=1S/C13H11NO4/c1-3-12(15)18-14-9-4-5-10-8(2)6-13(16)17-11(10)7-9/h3-7,14H,1H2,2H3. The third-order valence-electron chi connectivity index (χ3n) is 2.39. The number of nitrogens with one attached hydrogen (secondary N) is 1. The quantitative estimate of drug-likeness (QED) is 0.510. The Kier molecular flexibility index (Phi) is 3.14. The number of aryl methyl sites for hydroxylation is 1. The fraction of sp³-hybridized carbons (Fsp3) is 0.0769. The van der Waals surface area contributed by atoms with Crippen LogP contribution >= 0.6 is 0 Å². The summed E-state index contributed by atoms with van der Waals surface area (Å²) in [5.41, 5.74) is 3.79. The molecular weight excluding hydrogens is 234 g/mol. The van der Waals surface area contributed by atoms with Crippen LogP contribution in [0.1, 0.15) is 5.56 Å². The number of anilines is 1. The van der Waals surface area contributed by atoms with Crippen LogP contribution in [0.3, 0.4) is 0 Å². The van der Waals surface area contributed by atoms with Crippen LogP contribution in [0.15, 0.2) is 46.1 Å². The van der Waals surface area contributed by atoms with Crippen LogP contribution < -0.4 is 11.1 Å². The van der Waals surface area contributed by atoms with Gasteiger partial charge in [-0.15, -0.1) is 0 Å². The molecule has 0 unspecified atom stereocenters. The van der Waals surface area contributed by atoms with Gasteiger partial charge in [0.15, 0.2) is 0 Å². The van der Waals surface area contributed by atoms with Gasteiger partial charge in [0.05, 0.1) is 5.69 Å². The van der Waals surface area contributed by atoms with Crippen LogP contribution in [-0.2, 0) is 9.63 Å². The maximum Gasteiger partial charge on any atom is 0.355 e. The molecule has 0 bridgehead atoms. The van der Waals surface area contributed by atoms with Gasteiger partial charge in [-0.05, 0) is 24.6 Å². The Labute approximate surface area is 103 Å². The molecule has 1 N–H and O–H groups in total. The minimum Gasteiger partial charge on any atom is -0.423 e. The molecule has 2 aromatic rings. The second-order valence-electron chi connectivity index (χ2n) is 3.69. The van der Waals surface area contributed by atoms with Gasteiger partial charge in [0.1, 0.15) is 5.58 Å². The van der Waals surface area contributed by atoms with Crippen molar-refractivity contribution >= 4 is 22.6 Å². The number of benzene rings is 1. The lowest BCUT2D eigenvalue weighted by molar-refractivity contribution is -0.134. The molecule has 0 aliphatic carbocycles. The lowest BCUT2D eigenvalue weighted by Gasteiger charge is -2.06. The van der Waals surface area contributed by atoms with Crippen molar-refractivity contribution in [2.45, 2.75) is 6.92 Å². The van der Waals surface area contributed by atoms with Crippen LogP contribution in [0, 0.1) is 6.92 Å².